The molecule has 2 heterocycles. The Morgan fingerprint density at radius 2 is 1.74 bits per heavy atom. The summed E-state index contributed by atoms with van der Waals surface area (Å²) in [4.78, 5) is 4.82. The lowest BCUT2D eigenvalue weighted by atomic mass is 9.89. The van der Waals surface area contributed by atoms with Crippen LogP contribution in [-0.4, -0.2) is 47.8 Å². The van der Waals surface area contributed by atoms with Gasteiger partial charge in [0, 0.05) is 32.7 Å². The lowest BCUT2D eigenvalue weighted by Crippen LogP contribution is -2.48. The Bertz CT molecular complexity index is 578. The van der Waals surface area contributed by atoms with Gasteiger partial charge in [0.15, 0.2) is 5.82 Å². The Kier molecular flexibility index (Phi) is 5.12. The average Bonchev–Trinajstić information content (AvgIpc) is 2.59. The third-order valence-electron chi connectivity index (χ3n) is 5.46. The van der Waals surface area contributed by atoms with Crippen molar-refractivity contribution in [3.63, 3.8) is 0 Å². The van der Waals surface area contributed by atoms with Gasteiger partial charge in [-0.15, -0.1) is 5.10 Å². The van der Waals surface area contributed by atoms with Crippen molar-refractivity contribution in [3.8, 4) is 6.07 Å². The molecule has 1 aromatic rings. The Balaban J connectivity index is 1.61. The fraction of sp³-hybridized carbons (Fsp3) is 0.722. The molecule has 1 aliphatic heterocycles. The number of rotatable bonds is 3. The van der Waals surface area contributed by atoms with Gasteiger partial charge in [-0.2, -0.15) is 10.4 Å². The van der Waals surface area contributed by atoms with E-state index in [-0.39, 0.29) is 0 Å². The molecule has 0 aromatic carbocycles. The molecule has 0 radical (unpaired) electrons. The molecule has 0 unspecified atom stereocenters. The second-order valence-electron chi connectivity index (χ2n) is 7.01. The van der Waals surface area contributed by atoms with E-state index in [0.717, 1.165) is 49.2 Å². The minimum atomic E-state index is 0.693. The van der Waals surface area contributed by atoms with E-state index in [1.165, 1.54) is 38.6 Å². The maximum Gasteiger partial charge on any atom is 0.169 e. The van der Waals surface area contributed by atoms with Crippen LogP contribution in [0.3, 0.4) is 0 Å². The number of hydrogen-bond donors (Lipinski definition) is 0. The number of piperazine rings is 1. The molecule has 2 fully saturated rings. The number of aryl methyl sites for hydroxylation is 1. The predicted molar refractivity (Wildman–Crippen MR) is 91.4 cm³/mol. The van der Waals surface area contributed by atoms with Crippen LogP contribution in [0, 0.1) is 31.1 Å². The fourth-order valence-corrected chi connectivity index (χ4v) is 3.83. The Labute approximate surface area is 139 Å². The summed E-state index contributed by atoms with van der Waals surface area (Å²) in [6, 6.07) is 2.32. The molecule has 124 valence electrons. The first-order valence-electron chi connectivity index (χ1n) is 8.90. The lowest BCUT2D eigenvalue weighted by Gasteiger charge is -2.37. The van der Waals surface area contributed by atoms with Crippen LogP contribution >= 0.6 is 0 Å². The van der Waals surface area contributed by atoms with Gasteiger partial charge in [-0.1, -0.05) is 19.3 Å². The van der Waals surface area contributed by atoms with Crippen LogP contribution < -0.4 is 4.90 Å². The van der Waals surface area contributed by atoms with Crippen LogP contribution in [0.15, 0.2) is 0 Å². The number of hydrogen-bond acceptors (Lipinski definition) is 5. The van der Waals surface area contributed by atoms with Crippen molar-refractivity contribution in [2.45, 2.75) is 46.0 Å². The highest BCUT2D eigenvalue weighted by Gasteiger charge is 2.24. The SMILES string of the molecule is Cc1nnc(N2CCN(CC3CCCCC3)CC2)c(C#N)c1C. The van der Waals surface area contributed by atoms with Gasteiger partial charge in [0.2, 0.25) is 0 Å². The summed E-state index contributed by atoms with van der Waals surface area (Å²) in [7, 11) is 0. The molecule has 5 heteroatoms. The van der Waals surface area contributed by atoms with Crippen molar-refractivity contribution < 1.29 is 0 Å². The molecule has 1 saturated carbocycles. The molecule has 0 amide bonds. The Morgan fingerprint density at radius 1 is 1.04 bits per heavy atom. The maximum atomic E-state index is 9.47. The zero-order valence-electron chi connectivity index (χ0n) is 14.4. The lowest BCUT2D eigenvalue weighted by molar-refractivity contribution is 0.191. The standard InChI is InChI=1S/C18H27N5/c1-14-15(2)20-21-18(17(14)12-19)23-10-8-22(9-11-23)13-16-6-4-3-5-7-16/h16H,3-11,13H2,1-2H3. The third-order valence-corrected chi connectivity index (χ3v) is 5.46. The molecular formula is C18H27N5. The topological polar surface area (TPSA) is 56.1 Å². The van der Waals surface area contributed by atoms with Crippen LogP contribution in [0.1, 0.15) is 48.9 Å². The van der Waals surface area contributed by atoms with Gasteiger partial charge in [0.05, 0.1) is 5.69 Å². The van der Waals surface area contributed by atoms with Crippen molar-refractivity contribution in [3.05, 3.63) is 16.8 Å². The molecule has 5 nitrogen and oxygen atoms in total. The molecular weight excluding hydrogens is 286 g/mol. The summed E-state index contributed by atoms with van der Waals surface area (Å²) in [6.45, 7) is 9.14. The zero-order chi connectivity index (χ0) is 16.2. The van der Waals surface area contributed by atoms with E-state index in [1.54, 1.807) is 0 Å². The van der Waals surface area contributed by atoms with Gasteiger partial charge in [-0.3, -0.25) is 4.90 Å². The van der Waals surface area contributed by atoms with E-state index in [9.17, 15) is 5.26 Å². The fourth-order valence-electron chi connectivity index (χ4n) is 3.83. The molecule has 0 spiro atoms. The maximum absolute atomic E-state index is 9.47. The highest BCUT2D eigenvalue weighted by atomic mass is 15.3. The van der Waals surface area contributed by atoms with Gasteiger partial charge in [0.25, 0.3) is 0 Å². The van der Waals surface area contributed by atoms with E-state index in [4.69, 9.17) is 0 Å². The van der Waals surface area contributed by atoms with Crippen molar-refractivity contribution in [2.24, 2.45) is 5.92 Å². The summed E-state index contributed by atoms with van der Waals surface area (Å²) in [5.41, 5.74) is 2.50. The number of nitrogens with zero attached hydrogens (tertiary/aromatic N) is 5. The van der Waals surface area contributed by atoms with Gasteiger partial charge in [-0.25, -0.2) is 0 Å². The van der Waals surface area contributed by atoms with E-state index < -0.39 is 0 Å². The van der Waals surface area contributed by atoms with Crippen LogP contribution in [0.2, 0.25) is 0 Å². The Hall–Kier alpha value is -1.67. The molecule has 1 aromatic heterocycles. The second kappa shape index (κ2) is 7.27. The highest BCUT2D eigenvalue weighted by molar-refractivity contribution is 5.57. The summed E-state index contributed by atoms with van der Waals surface area (Å²) in [5.74, 6) is 1.67. The van der Waals surface area contributed by atoms with Gasteiger partial charge < -0.3 is 4.90 Å². The third kappa shape index (κ3) is 3.64. The highest BCUT2D eigenvalue weighted by Crippen LogP contribution is 2.26. The van der Waals surface area contributed by atoms with Crippen LogP contribution in [-0.2, 0) is 0 Å². The summed E-state index contributed by atoms with van der Waals surface area (Å²) in [6.07, 6.45) is 7.05. The molecule has 2 aliphatic rings. The first-order valence-corrected chi connectivity index (χ1v) is 8.90. The van der Waals surface area contributed by atoms with Crippen molar-refractivity contribution in [2.75, 3.05) is 37.6 Å². The quantitative estimate of drug-likeness (QED) is 0.858. The van der Waals surface area contributed by atoms with Crippen molar-refractivity contribution in [1.82, 2.24) is 15.1 Å². The smallest absolute Gasteiger partial charge is 0.169 e. The van der Waals surface area contributed by atoms with Crippen molar-refractivity contribution in [1.29, 1.82) is 5.26 Å². The molecule has 3 rings (SSSR count). The van der Waals surface area contributed by atoms with E-state index in [0.29, 0.717) is 5.56 Å². The largest absolute Gasteiger partial charge is 0.351 e. The average molecular weight is 313 g/mol. The predicted octanol–water partition coefficient (Wildman–Crippen LogP) is 2.67. The minimum absolute atomic E-state index is 0.693. The molecule has 0 N–H and O–H groups in total. The van der Waals surface area contributed by atoms with E-state index in [1.807, 2.05) is 13.8 Å². The van der Waals surface area contributed by atoms with Crippen LogP contribution in [0.25, 0.3) is 0 Å². The van der Waals surface area contributed by atoms with Crippen LogP contribution in [0.5, 0.6) is 0 Å². The summed E-state index contributed by atoms with van der Waals surface area (Å²) in [5, 5.41) is 18.0. The van der Waals surface area contributed by atoms with E-state index in [2.05, 4.69) is 26.1 Å². The first-order chi connectivity index (χ1) is 11.2. The molecule has 1 saturated heterocycles. The summed E-state index contributed by atoms with van der Waals surface area (Å²) < 4.78 is 0. The second-order valence-corrected chi connectivity index (χ2v) is 7.01. The molecule has 1 aliphatic carbocycles. The Morgan fingerprint density at radius 3 is 2.39 bits per heavy atom. The summed E-state index contributed by atoms with van der Waals surface area (Å²) >= 11 is 0. The molecule has 0 atom stereocenters. The van der Waals surface area contributed by atoms with Crippen LogP contribution in [0.4, 0.5) is 5.82 Å². The number of anilines is 1. The number of nitriles is 1. The van der Waals surface area contributed by atoms with Gasteiger partial charge in [0.1, 0.15) is 11.6 Å². The van der Waals surface area contributed by atoms with Gasteiger partial charge >= 0.3 is 0 Å². The first kappa shape index (κ1) is 16.2. The normalized spacial score (nSPS) is 20.5. The number of aromatic nitrogens is 2. The zero-order valence-corrected chi connectivity index (χ0v) is 14.4. The van der Waals surface area contributed by atoms with Gasteiger partial charge in [-0.05, 0) is 38.2 Å². The minimum Gasteiger partial charge on any atom is -0.351 e. The van der Waals surface area contributed by atoms with E-state index >= 15 is 0 Å². The monoisotopic (exact) mass is 313 g/mol. The van der Waals surface area contributed by atoms with Crippen molar-refractivity contribution >= 4 is 5.82 Å². The molecule has 0 bridgehead atoms. The molecule has 23 heavy (non-hydrogen) atoms.